The van der Waals surface area contributed by atoms with Gasteiger partial charge in [0.2, 0.25) is 5.91 Å². The number of hydrogen-bond acceptors (Lipinski definition) is 3. The fraction of sp³-hybridized carbons (Fsp3) is 0.533. The van der Waals surface area contributed by atoms with Crippen LogP contribution in [0, 0.1) is 12.7 Å². The molecule has 0 fully saturated rings. The molecule has 1 aromatic rings. The van der Waals surface area contributed by atoms with Crippen LogP contribution in [0.3, 0.4) is 0 Å². The molecule has 1 aromatic carbocycles. The lowest BCUT2D eigenvalue weighted by Gasteiger charge is -2.03. The maximum Gasteiger partial charge on any atom is 0.243 e. The molecule has 0 saturated heterocycles. The minimum Gasteiger partial charge on any atom is -0.400 e. The maximum atomic E-state index is 12.9. The molecule has 0 aliphatic carbocycles. The van der Waals surface area contributed by atoms with Crippen molar-refractivity contribution in [2.75, 3.05) is 7.11 Å². The number of rotatable bonds is 4. The van der Waals surface area contributed by atoms with Gasteiger partial charge < -0.3 is 5.11 Å². The summed E-state index contributed by atoms with van der Waals surface area (Å²) in [5.41, 5.74) is 3.18. The van der Waals surface area contributed by atoms with Crippen LogP contribution in [0.1, 0.15) is 44.2 Å². The van der Waals surface area contributed by atoms with Gasteiger partial charge in [0.25, 0.3) is 0 Å². The van der Waals surface area contributed by atoms with Crippen molar-refractivity contribution in [3.8, 4) is 0 Å². The Labute approximate surface area is 120 Å². The lowest BCUT2D eigenvalue weighted by atomic mass is 10.1. The average molecular weight is 287 g/mol. The topological polar surface area (TPSA) is 69.6 Å². The number of amides is 1. The number of aryl methyl sites for hydroxylation is 2. The molecule has 1 rings (SSSR count). The van der Waals surface area contributed by atoms with Crippen LogP contribution >= 0.6 is 0 Å². The number of carbonyl (C=O) groups excluding carboxylic acids is 1. The van der Waals surface area contributed by atoms with Crippen LogP contribution in [0.5, 0.6) is 0 Å². The molecule has 0 aromatic heterocycles. The minimum atomic E-state index is -0.395. The summed E-state index contributed by atoms with van der Waals surface area (Å²) in [6.07, 6.45) is 2.86. The molecule has 0 spiro atoms. The molecule has 20 heavy (non-hydrogen) atoms. The van der Waals surface area contributed by atoms with E-state index in [9.17, 15) is 9.18 Å². The van der Waals surface area contributed by atoms with E-state index in [2.05, 4.69) is 13.8 Å². The van der Waals surface area contributed by atoms with Gasteiger partial charge in [0.05, 0.1) is 0 Å². The second kappa shape index (κ2) is 14.0. The van der Waals surface area contributed by atoms with Crippen molar-refractivity contribution in [2.24, 2.45) is 0 Å². The quantitative estimate of drug-likeness (QED) is 0.589. The van der Waals surface area contributed by atoms with Crippen LogP contribution in [-0.4, -0.2) is 23.3 Å². The zero-order chi connectivity index (χ0) is 16.0. The van der Waals surface area contributed by atoms with Crippen LogP contribution in [0.4, 0.5) is 4.39 Å². The third kappa shape index (κ3) is 10.5. The highest BCUT2D eigenvalue weighted by molar-refractivity contribution is 5.74. The highest BCUT2D eigenvalue weighted by atomic mass is 19.1. The Kier molecular flexibility index (Phi) is 14.6. The summed E-state index contributed by atoms with van der Waals surface area (Å²) in [6.45, 7) is 5.96. The number of aliphatic hydroxyl groups excluding tert-OH is 1. The van der Waals surface area contributed by atoms with E-state index < -0.39 is 5.91 Å². The molecule has 0 heterocycles. The second-order valence-electron chi connectivity index (χ2n) is 4.18. The summed E-state index contributed by atoms with van der Waals surface area (Å²) >= 11 is 0. The Morgan fingerprint density at radius 2 is 1.85 bits per heavy atom. The van der Waals surface area contributed by atoms with Crippen molar-refractivity contribution in [1.82, 2.24) is 5.48 Å². The molecule has 116 valence electrons. The van der Waals surface area contributed by atoms with E-state index in [0.29, 0.717) is 18.4 Å². The molecule has 0 atom stereocenters. The Morgan fingerprint density at radius 3 is 2.30 bits per heavy atom. The molecule has 3 N–H and O–H groups in total. The van der Waals surface area contributed by atoms with Gasteiger partial charge in [-0.15, -0.1) is 0 Å². The Hall–Kier alpha value is -1.46. The van der Waals surface area contributed by atoms with E-state index in [1.807, 2.05) is 0 Å². The van der Waals surface area contributed by atoms with Crippen molar-refractivity contribution in [3.05, 3.63) is 35.1 Å². The van der Waals surface area contributed by atoms with Gasteiger partial charge in [0.1, 0.15) is 5.82 Å². The van der Waals surface area contributed by atoms with Gasteiger partial charge in [0, 0.05) is 13.5 Å². The number of hydroxylamine groups is 1. The second-order valence-corrected chi connectivity index (χ2v) is 4.18. The van der Waals surface area contributed by atoms with Gasteiger partial charge in [-0.25, -0.2) is 9.87 Å². The number of aliphatic hydroxyl groups is 1. The summed E-state index contributed by atoms with van der Waals surface area (Å²) in [4.78, 5) is 10.7. The third-order valence-electron chi connectivity index (χ3n) is 2.22. The molecule has 0 aliphatic heterocycles. The normalized spacial score (nSPS) is 8.75. The lowest BCUT2D eigenvalue weighted by molar-refractivity contribution is -0.129. The number of nitrogens with one attached hydrogen (secondary N) is 1. The fourth-order valence-corrected chi connectivity index (χ4v) is 1.37. The van der Waals surface area contributed by atoms with Crippen LogP contribution in [-0.2, 0) is 11.2 Å². The zero-order valence-electron chi connectivity index (χ0n) is 12.7. The number of halogens is 1. The Balaban J connectivity index is 0. The highest BCUT2D eigenvalue weighted by Crippen LogP contribution is 2.11. The first kappa shape index (κ1) is 20.8. The summed E-state index contributed by atoms with van der Waals surface area (Å²) in [5, 5.41) is 15.3. The van der Waals surface area contributed by atoms with Gasteiger partial charge in [-0.3, -0.25) is 10.0 Å². The molecule has 4 nitrogen and oxygen atoms in total. The van der Waals surface area contributed by atoms with E-state index in [1.165, 1.54) is 12.5 Å². The van der Waals surface area contributed by atoms with Crippen molar-refractivity contribution in [3.63, 3.8) is 0 Å². The van der Waals surface area contributed by atoms with E-state index in [1.54, 1.807) is 24.5 Å². The zero-order valence-corrected chi connectivity index (χ0v) is 12.7. The molecule has 0 saturated carbocycles. The largest absolute Gasteiger partial charge is 0.400 e. The predicted molar refractivity (Wildman–Crippen MR) is 78.1 cm³/mol. The smallest absolute Gasteiger partial charge is 0.243 e. The van der Waals surface area contributed by atoms with Gasteiger partial charge in [-0.05, 0) is 37.0 Å². The van der Waals surface area contributed by atoms with Crippen LogP contribution in [0.2, 0.25) is 0 Å². The molecular formula is C15H26FNO3. The third-order valence-corrected chi connectivity index (χ3v) is 2.22. The summed E-state index contributed by atoms with van der Waals surface area (Å²) < 4.78 is 12.9. The highest BCUT2D eigenvalue weighted by Gasteiger charge is 2.01. The molecular weight excluding hydrogens is 261 g/mol. The predicted octanol–water partition coefficient (Wildman–Crippen LogP) is 2.99. The number of hydrogen-bond donors (Lipinski definition) is 3. The maximum absolute atomic E-state index is 12.9. The molecule has 1 amide bonds. The molecule has 0 bridgehead atoms. The summed E-state index contributed by atoms with van der Waals surface area (Å²) in [5.74, 6) is -0.610. The fourth-order valence-electron chi connectivity index (χ4n) is 1.37. The van der Waals surface area contributed by atoms with Gasteiger partial charge in [0.15, 0.2) is 0 Å². The van der Waals surface area contributed by atoms with Crippen LogP contribution < -0.4 is 5.48 Å². The van der Waals surface area contributed by atoms with Crippen LogP contribution in [0.25, 0.3) is 0 Å². The average Bonchev–Trinajstić information content (AvgIpc) is 2.45. The summed E-state index contributed by atoms with van der Waals surface area (Å²) in [6, 6.07) is 4.90. The van der Waals surface area contributed by atoms with Gasteiger partial charge in [-0.1, -0.05) is 32.4 Å². The van der Waals surface area contributed by atoms with Crippen molar-refractivity contribution >= 4 is 5.91 Å². The minimum absolute atomic E-state index is 0.216. The summed E-state index contributed by atoms with van der Waals surface area (Å²) in [7, 11) is 1.00. The first-order valence-electron chi connectivity index (χ1n) is 6.67. The van der Waals surface area contributed by atoms with Gasteiger partial charge in [-0.2, -0.15) is 0 Å². The van der Waals surface area contributed by atoms with Crippen molar-refractivity contribution in [2.45, 2.75) is 46.5 Å². The first-order chi connectivity index (χ1) is 9.54. The Bertz CT molecular complexity index is 370. The van der Waals surface area contributed by atoms with E-state index in [4.69, 9.17) is 10.3 Å². The Morgan fingerprint density at radius 1 is 1.30 bits per heavy atom. The van der Waals surface area contributed by atoms with Gasteiger partial charge >= 0.3 is 0 Å². The monoisotopic (exact) mass is 287 g/mol. The number of carbonyl (C=O) groups is 1. The molecule has 0 radical (unpaired) electrons. The van der Waals surface area contributed by atoms with E-state index in [0.717, 1.165) is 12.7 Å². The molecule has 0 aliphatic rings. The number of benzene rings is 1. The van der Waals surface area contributed by atoms with E-state index >= 15 is 0 Å². The first-order valence-corrected chi connectivity index (χ1v) is 6.67. The SMILES string of the molecule is CCC.CO.Cc1cc(CCCC(=O)NO)ccc1F. The van der Waals surface area contributed by atoms with Crippen molar-refractivity contribution in [1.29, 1.82) is 0 Å². The van der Waals surface area contributed by atoms with Crippen molar-refractivity contribution < 1.29 is 19.5 Å². The standard InChI is InChI=1S/C11H14FNO2.C3H8.CH4O/c1-8-7-9(5-6-10(8)12)3-2-4-11(14)13-15;1-3-2;1-2/h5-7,15H,2-4H2,1H3,(H,13,14);3H2,1-2H3;2H,1H3. The van der Waals surface area contributed by atoms with Crippen LogP contribution in [0.15, 0.2) is 18.2 Å². The lowest BCUT2D eigenvalue weighted by Crippen LogP contribution is -2.18. The molecule has 5 heteroatoms. The van der Waals surface area contributed by atoms with E-state index in [-0.39, 0.29) is 12.2 Å². The molecule has 0 unspecified atom stereocenters.